The van der Waals surface area contributed by atoms with Crippen LogP contribution in [0.5, 0.6) is 0 Å². The van der Waals surface area contributed by atoms with Crippen molar-refractivity contribution in [3.05, 3.63) is 48.6 Å². The number of aliphatic hydroxyl groups is 1. The minimum Gasteiger partial charge on any atom is -0.393 e. The van der Waals surface area contributed by atoms with Crippen LogP contribution in [0, 0.1) is 0 Å². The highest BCUT2D eigenvalue weighted by Gasteiger charge is 2.44. The van der Waals surface area contributed by atoms with Gasteiger partial charge < -0.3 is 5.11 Å². The van der Waals surface area contributed by atoms with Gasteiger partial charge in [-0.15, -0.1) is 6.58 Å². The fourth-order valence-corrected chi connectivity index (χ4v) is 4.01. The third-order valence-electron chi connectivity index (χ3n) is 5.20. The molecular formula is C22H35NO2. The summed E-state index contributed by atoms with van der Waals surface area (Å²) in [6.07, 6.45) is 7.21. The molecule has 0 aliphatic carbocycles. The van der Waals surface area contributed by atoms with Crippen molar-refractivity contribution in [3.8, 4) is 0 Å². The lowest BCUT2D eigenvalue weighted by Crippen LogP contribution is -2.54. The number of benzene rings is 1. The highest BCUT2D eigenvalue weighted by atomic mass is 16.7. The first-order valence-electron chi connectivity index (χ1n) is 9.57. The molecule has 1 aliphatic rings. The Labute approximate surface area is 153 Å². The lowest BCUT2D eigenvalue weighted by Gasteiger charge is -2.47. The first-order chi connectivity index (χ1) is 11.8. The Bertz CT molecular complexity index is 538. The van der Waals surface area contributed by atoms with Gasteiger partial charge in [-0.25, -0.2) is 0 Å². The highest BCUT2D eigenvalue weighted by molar-refractivity contribution is 5.17. The van der Waals surface area contributed by atoms with Crippen LogP contribution >= 0.6 is 0 Å². The molecule has 1 aliphatic heterocycles. The maximum absolute atomic E-state index is 10.3. The molecule has 0 bridgehead atoms. The van der Waals surface area contributed by atoms with Crippen LogP contribution in [0.1, 0.15) is 77.9 Å². The van der Waals surface area contributed by atoms with Crippen molar-refractivity contribution in [2.45, 2.75) is 89.5 Å². The average Bonchev–Trinajstić information content (AvgIpc) is 2.63. The summed E-state index contributed by atoms with van der Waals surface area (Å²) >= 11 is 0. The summed E-state index contributed by atoms with van der Waals surface area (Å²) in [5, 5.41) is 12.5. The first-order valence-corrected chi connectivity index (χ1v) is 9.57. The van der Waals surface area contributed by atoms with E-state index in [0.29, 0.717) is 0 Å². The number of hydroxylamine groups is 2. The Balaban J connectivity index is 2.26. The van der Waals surface area contributed by atoms with E-state index in [1.807, 2.05) is 12.1 Å². The fourth-order valence-electron chi connectivity index (χ4n) is 4.01. The molecule has 0 amide bonds. The molecule has 3 nitrogen and oxygen atoms in total. The maximum atomic E-state index is 10.3. The summed E-state index contributed by atoms with van der Waals surface area (Å²) < 4.78 is 0. The summed E-state index contributed by atoms with van der Waals surface area (Å²) in [7, 11) is 0. The highest BCUT2D eigenvalue weighted by Crippen LogP contribution is 2.40. The smallest absolute Gasteiger partial charge is 0.104 e. The molecule has 3 heteroatoms. The van der Waals surface area contributed by atoms with Gasteiger partial charge in [-0.05, 0) is 71.8 Å². The van der Waals surface area contributed by atoms with Crippen molar-refractivity contribution in [1.29, 1.82) is 0 Å². The van der Waals surface area contributed by atoms with Crippen LogP contribution in [0.4, 0.5) is 0 Å². The van der Waals surface area contributed by atoms with E-state index in [-0.39, 0.29) is 23.3 Å². The zero-order valence-electron chi connectivity index (χ0n) is 16.4. The molecule has 2 unspecified atom stereocenters. The van der Waals surface area contributed by atoms with E-state index >= 15 is 0 Å². The molecule has 2 atom stereocenters. The quantitative estimate of drug-likeness (QED) is 0.529. The second kappa shape index (κ2) is 8.48. The van der Waals surface area contributed by atoms with Crippen LogP contribution in [-0.2, 0) is 4.84 Å². The molecule has 1 heterocycles. The molecule has 0 saturated carbocycles. The second-order valence-electron chi connectivity index (χ2n) is 8.54. The topological polar surface area (TPSA) is 32.7 Å². The zero-order valence-corrected chi connectivity index (χ0v) is 16.4. The van der Waals surface area contributed by atoms with E-state index in [1.54, 1.807) is 0 Å². The van der Waals surface area contributed by atoms with E-state index in [2.05, 4.69) is 63.6 Å². The van der Waals surface area contributed by atoms with Gasteiger partial charge in [-0.3, -0.25) is 4.84 Å². The predicted octanol–water partition coefficient (Wildman–Crippen LogP) is 5.42. The molecule has 1 fully saturated rings. The Morgan fingerprint density at radius 3 is 2.56 bits per heavy atom. The predicted molar refractivity (Wildman–Crippen MR) is 104 cm³/mol. The summed E-state index contributed by atoms with van der Waals surface area (Å²) in [5.74, 6) is 0. The van der Waals surface area contributed by atoms with Gasteiger partial charge in [0, 0.05) is 11.1 Å². The third kappa shape index (κ3) is 5.40. The Morgan fingerprint density at radius 2 is 1.92 bits per heavy atom. The van der Waals surface area contributed by atoms with Gasteiger partial charge in [0.2, 0.25) is 0 Å². The lowest BCUT2D eigenvalue weighted by atomic mass is 9.94. The molecule has 1 N–H and O–H groups in total. The van der Waals surface area contributed by atoms with Crippen LogP contribution in [0.15, 0.2) is 43.0 Å². The summed E-state index contributed by atoms with van der Waals surface area (Å²) in [4.78, 5) is 6.67. The van der Waals surface area contributed by atoms with Crippen LogP contribution < -0.4 is 0 Å². The summed E-state index contributed by atoms with van der Waals surface area (Å²) in [5.41, 5.74) is 0.875. The molecule has 0 spiro atoms. The molecule has 25 heavy (non-hydrogen) atoms. The fraction of sp³-hybridized carbons (Fsp3) is 0.636. The Morgan fingerprint density at radius 1 is 1.24 bits per heavy atom. The van der Waals surface area contributed by atoms with Gasteiger partial charge in [-0.2, -0.15) is 5.06 Å². The number of aliphatic hydroxyl groups excluding tert-OH is 1. The van der Waals surface area contributed by atoms with E-state index in [1.165, 1.54) is 5.56 Å². The van der Waals surface area contributed by atoms with Gasteiger partial charge in [0.25, 0.3) is 0 Å². The minimum atomic E-state index is -0.265. The van der Waals surface area contributed by atoms with Gasteiger partial charge in [0.1, 0.15) is 6.10 Å². The van der Waals surface area contributed by atoms with E-state index in [9.17, 15) is 5.11 Å². The third-order valence-corrected chi connectivity index (χ3v) is 5.20. The molecule has 140 valence electrons. The van der Waals surface area contributed by atoms with E-state index in [0.717, 1.165) is 38.5 Å². The Kier molecular flexibility index (Phi) is 6.84. The molecular weight excluding hydrogens is 310 g/mol. The SMILES string of the molecule is C=CCCCC(ON1C(C)(C)CCC(O)CC1(C)C)c1ccccc1. The average molecular weight is 346 g/mol. The number of allylic oxidation sites excluding steroid dienone is 1. The van der Waals surface area contributed by atoms with Crippen molar-refractivity contribution >= 4 is 0 Å². The van der Waals surface area contributed by atoms with Crippen LogP contribution in [0.25, 0.3) is 0 Å². The van der Waals surface area contributed by atoms with E-state index in [4.69, 9.17) is 4.84 Å². The molecule has 1 aromatic rings. The molecule has 1 saturated heterocycles. The van der Waals surface area contributed by atoms with Gasteiger partial charge in [-0.1, -0.05) is 36.4 Å². The standard InChI is InChI=1S/C22H35NO2/c1-6-7-9-14-20(18-12-10-8-11-13-18)25-23-21(2,3)16-15-19(24)17-22(23,4)5/h6,8,10-13,19-20,24H,1,7,9,14-17H2,2-5H3. The Hall–Kier alpha value is -1.16. The summed E-state index contributed by atoms with van der Waals surface area (Å²) in [6, 6.07) is 10.5. The van der Waals surface area contributed by atoms with Crippen molar-refractivity contribution in [2.24, 2.45) is 0 Å². The largest absolute Gasteiger partial charge is 0.393 e. The van der Waals surface area contributed by atoms with Crippen molar-refractivity contribution in [2.75, 3.05) is 0 Å². The van der Waals surface area contributed by atoms with E-state index < -0.39 is 0 Å². The number of nitrogens with zero attached hydrogens (tertiary/aromatic N) is 1. The normalized spacial score (nSPS) is 24.4. The van der Waals surface area contributed by atoms with Crippen molar-refractivity contribution in [3.63, 3.8) is 0 Å². The van der Waals surface area contributed by atoms with Gasteiger partial charge >= 0.3 is 0 Å². The van der Waals surface area contributed by atoms with Crippen molar-refractivity contribution in [1.82, 2.24) is 5.06 Å². The van der Waals surface area contributed by atoms with Crippen molar-refractivity contribution < 1.29 is 9.94 Å². The molecule has 1 aromatic carbocycles. The van der Waals surface area contributed by atoms with Crippen LogP contribution in [0.2, 0.25) is 0 Å². The maximum Gasteiger partial charge on any atom is 0.104 e. The minimum absolute atomic E-state index is 0.0231. The zero-order chi connectivity index (χ0) is 18.5. The van der Waals surface area contributed by atoms with Gasteiger partial charge in [0.05, 0.1) is 6.10 Å². The van der Waals surface area contributed by atoms with Crippen LogP contribution in [0.3, 0.4) is 0 Å². The summed E-state index contributed by atoms with van der Waals surface area (Å²) in [6.45, 7) is 12.6. The van der Waals surface area contributed by atoms with Gasteiger partial charge in [0.15, 0.2) is 0 Å². The lowest BCUT2D eigenvalue weighted by molar-refractivity contribution is -0.294. The second-order valence-corrected chi connectivity index (χ2v) is 8.54. The van der Waals surface area contributed by atoms with Crippen LogP contribution in [-0.4, -0.2) is 27.4 Å². The number of hydrogen-bond acceptors (Lipinski definition) is 3. The molecule has 0 aromatic heterocycles. The first kappa shape index (κ1) is 20.2. The molecule has 0 radical (unpaired) electrons. The number of unbranched alkanes of at least 4 members (excludes halogenated alkanes) is 1. The number of hydrogen-bond donors (Lipinski definition) is 1. The number of rotatable bonds is 7. The molecule has 2 rings (SSSR count). The monoisotopic (exact) mass is 345 g/mol.